The standard InChI is InChI=1S/C17H22N4O3S/c1-10(11-4-5-11)18-15(22)9-25-17-19-16(20-21-17)13-7-6-12(23-2)8-14(13)24-3/h6-8,10-11H,4-5,9H2,1-3H3,(H,18,22)(H,19,20,21). The molecule has 1 aromatic carbocycles. The van der Waals surface area contributed by atoms with Crippen LogP contribution in [0.2, 0.25) is 0 Å². The average Bonchev–Trinajstić information content (AvgIpc) is 3.38. The number of hydrogen-bond acceptors (Lipinski definition) is 6. The predicted octanol–water partition coefficient (Wildman–Crippen LogP) is 2.50. The van der Waals surface area contributed by atoms with Gasteiger partial charge in [0.1, 0.15) is 11.5 Å². The van der Waals surface area contributed by atoms with Crippen molar-refractivity contribution in [3.8, 4) is 22.9 Å². The van der Waals surface area contributed by atoms with Crippen LogP contribution in [0.1, 0.15) is 19.8 Å². The zero-order valence-corrected chi connectivity index (χ0v) is 15.4. The number of hydrogen-bond donors (Lipinski definition) is 2. The van der Waals surface area contributed by atoms with E-state index in [1.54, 1.807) is 20.3 Å². The van der Waals surface area contributed by atoms with Crippen molar-refractivity contribution in [1.29, 1.82) is 0 Å². The molecule has 0 aliphatic heterocycles. The van der Waals surface area contributed by atoms with Crippen molar-refractivity contribution in [3.63, 3.8) is 0 Å². The SMILES string of the molecule is COc1ccc(-c2nc(SCC(=O)NC(C)C3CC3)n[nH]2)c(OC)c1. The van der Waals surface area contributed by atoms with E-state index in [0.717, 1.165) is 5.56 Å². The summed E-state index contributed by atoms with van der Waals surface area (Å²) < 4.78 is 10.6. The number of thioether (sulfide) groups is 1. The minimum Gasteiger partial charge on any atom is -0.497 e. The fourth-order valence-corrected chi connectivity index (χ4v) is 3.17. The van der Waals surface area contributed by atoms with Gasteiger partial charge in [-0.1, -0.05) is 11.8 Å². The van der Waals surface area contributed by atoms with Crippen LogP contribution in [0.25, 0.3) is 11.4 Å². The highest BCUT2D eigenvalue weighted by Crippen LogP contribution is 2.33. The van der Waals surface area contributed by atoms with Gasteiger partial charge < -0.3 is 14.8 Å². The van der Waals surface area contributed by atoms with Crippen LogP contribution in [0, 0.1) is 5.92 Å². The first-order valence-corrected chi connectivity index (χ1v) is 9.16. The van der Waals surface area contributed by atoms with Crippen LogP contribution in [0.15, 0.2) is 23.4 Å². The van der Waals surface area contributed by atoms with Gasteiger partial charge in [0.2, 0.25) is 11.1 Å². The molecule has 3 rings (SSSR count). The Morgan fingerprint density at radius 1 is 1.40 bits per heavy atom. The Hall–Kier alpha value is -2.22. The van der Waals surface area contributed by atoms with Crippen LogP contribution >= 0.6 is 11.8 Å². The number of H-pyrrole nitrogens is 1. The van der Waals surface area contributed by atoms with Crippen LogP contribution in [-0.4, -0.2) is 47.1 Å². The molecule has 8 heteroatoms. The van der Waals surface area contributed by atoms with E-state index in [4.69, 9.17) is 9.47 Å². The van der Waals surface area contributed by atoms with Gasteiger partial charge in [0.05, 0.1) is 25.5 Å². The molecule has 1 aliphatic carbocycles. The number of benzene rings is 1. The number of carbonyl (C=O) groups excluding carboxylic acids is 1. The summed E-state index contributed by atoms with van der Waals surface area (Å²) in [4.78, 5) is 16.4. The Balaban J connectivity index is 1.61. The number of ether oxygens (including phenoxy) is 2. The van der Waals surface area contributed by atoms with Crippen molar-refractivity contribution in [2.45, 2.75) is 31.0 Å². The number of rotatable bonds is 8. The molecular formula is C17H22N4O3S. The van der Waals surface area contributed by atoms with E-state index in [1.165, 1.54) is 24.6 Å². The number of nitrogens with one attached hydrogen (secondary N) is 2. The van der Waals surface area contributed by atoms with Crippen molar-refractivity contribution >= 4 is 17.7 Å². The average molecular weight is 362 g/mol. The molecule has 2 N–H and O–H groups in total. The molecule has 2 aromatic rings. The number of amides is 1. The zero-order valence-electron chi connectivity index (χ0n) is 14.5. The molecule has 1 amide bonds. The highest BCUT2D eigenvalue weighted by molar-refractivity contribution is 7.99. The molecule has 7 nitrogen and oxygen atoms in total. The summed E-state index contributed by atoms with van der Waals surface area (Å²) in [6.45, 7) is 2.06. The Labute approximate surface area is 150 Å². The van der Waals surface area contributed by atoms with Gasteiger partial charge in [-0.25, -0.2) is 4.98 Å². The first-order chi connectivity index (χ1) is 12.1. The summed E-state index contributed by atoms with van der Waals surface area (Å²) in [5.41, 5.74) is 0.787. The van der Waals surface area contributed by atoms with E-state index in [-0.39, 0.29) is 11.9 Å². The fraction of sp³-hybridized carbons (Fsp3) is 0.471. The molecule has 0 saturated heterocycles. The first-order valence-electron chi connectivity index (χ1n) is 8.17. The summed E-state index contributed by atoms with van der Waals surface area (Å²) in [7, 11) is 3.20. The lowest BCUT2D eigenvalue weighted by Gasteiger charge is -2.11. The number of carbonyl (C=O) groups is 1. The third kappa shape index (κ3) is 4.45. The Bertz CT molecular complexity index is 745. The summed E-state index contributed by atoms with van der Waals surface area (Å²) in [5, 5.41) is 10.6. The predicted molar refractivity (Wildman–Crippen MR) is 96.0 cm³/mol. The lowest BCUT2D eigenvalue weighted by atomic mass is 10.2. The van der Waals surface area contributed by atoms with E-state index in [0.29, 0.717) is 34.2 Å². The van der Waals surface area contributed by atoms with Crippen LogP contribution in [0.5, 0.6) is 11.5 Å². The van der Waals surface area contributed by atoms with E-state index >= 15 is 0 Å². The van der Waals surface area contributed by atoms with E-state index in [2.05, 4.69) is 27.4 Å². The van der Waals surface area contributed by atoms with Crippen molar-refractivity contribution < 1.29 is 14.3 Å². The van der Waals surface area contributed by atoms with Crippen LogP contribution < -0.4 is 14.8 Å². The second-order valence-corrected chi connectivity index (χ2v) is 6.96. The Kier molecular flexibility index (Phi) is 5.47. The molecule has 0 spiro atoms. The van der Waals surface area contributed by atoms with Gasteiger partial charge in [-0.3, -0.25) is 9.89 Å². The molecule has 25 heavy (non-hydrogen) atoms. The van der Waals surface area contributed by atoms with Crippen molar-refractivity contribution in [1.82, 2.24) is 20.5 Å². The van der Waals surface area contributed by atoms with Gasteiger partial charge in [0.25, 0.3) is 0 Å². The molecule has 1 unspecified atom stereocenters. The number of methoxy groups -OCH3 is 2. The lowest BCUT2D eigenvalue weighted by molar-refractivity contribution is -0.119. The topological polar surface area (TPSA) is 89.1 Å². The summed E-state index contributed by atoms with van der Waals surface area (Å²) in [5.74, 6) is 2.89. The Morgan fingerprint density at radius 3 is 2.88 bits per heavy atom. The largest absolute Gasteiger partial charge is 0.497 e. The van der Waals surface area contributed by atoms with Crippen LogP contribution in [-0.2, 0) is 4.79 Å². The molecule has 134 valence electrons. The van der Waals surface area contributed by atoms with Gasteiger partial charge in [-0.2, -0.15) is 0 Å². The van der Waals surface area contributed by atoms with Gasteiger partial charge >= 0.3 is 0 Å². The van der Waals surface area contributed by atoms with Gasteiger partial charge in [-0.15, -0.1) is 5.10 Å². The highest BCUT2D eigenvalue weighted by atomic mass is 32.2. The highest BCUT2D eigenvalue weighted by Gasteiger charge is 2.28. The molecule has 0 bridgehead atoms. The molecule has 1 fully saturated rings. The maximum atomic E-state index is 12.0. The maximum Gasteiger partial charge on any atom is 0.230 e. The minimum absolute atomic E-state index is 0.0118. The third-order valence-corrected chi connectivity index (χ3v) is 5.03. The normalized spacial score (nSPS) is 14.8. The summed E-state index contributed by atoms with van der Waals surface area (Å²) in [6, 6.07) is 5.73. The Morgan fingerprint density at radius 2 is 2.20 bits per heavy atom. The molecule has 1 atom stereocenters. The quantitative estimate of drug-likeness (QED) is 0.702. The van der Waals surface area contributed by atoms with Crippen molar-refractivity contribution in [3.05, 3.63) is 18.2 Å². The molecule has 0 radical (unpaired) electrons. The molecule has 1 aliphatic rings. The second kappa shape index (κ2) is 7.77. The minimum atomic E-state index is 0.0118. The summed E-state index contributed by atoms with van der Waals surface area (Å²) in [6.07, 6.45) is 2.42. The van der Waals surface area contributed by atoms with Crippen LogP contribution in [0.3, 0.4) is 0 Å². The monoisotopic (exact) mass is 362 g/mol. The van der Waals surface area contributed by atoms with Crippen molar-refractivity contribution in [2.75, 3.05) is 20.0 Å². The van der Waals surface area contributed by atoms with Crippen LogP contribution in [0.4, 0.5) is 0 Å². The molecule has 1 aromatic heterocycles. The molecule has 1 saturated carbocycles. The van der Waals surface area contributed by atoms with E-state index in [9.17, 15) is 4.79 Å². The smallest absolute Gasteiger partial charge is 0.230 e. The fourth-order valence-electron chi connectivity index (χ4n) is 2.57. The lowest BCUT2D eigenvalue weighted by Crippen LogP contribution is -2.35. The van der Waals surface area contributed by atoms with Gasteiger partial charge in [0.15, 0.2) is 5.82 Å². The maximum absolute atomic E-state index is 12.0. The van der Waals surface area contributed by atoms with Crippen molar-refractivity contribution in [2.24, 2.45) is 5.92 Å². The zero-order chi connectivity index (χ0) is 17.8. The first kappa shape index (κ1) is 17.6. The van der Waals surface area contributed by atoms with Gasteiger partial charge in [-0.05, 0) is 37.8 Å². The van der Waals surface area contributed by atoms with Gasteiger partial charge in [0, 0.05) is 12.1 Å². The van der Waals surface area contributed by atoms with E-state index in [1.807, 2.05) is 12.1 Å². The number of aromatic nitrogens is 3. The number of nitrogens with zero attached hydrogens (tertiary/aromatic N) is 2. The summed E-state index contributed by atoms with van der Waals surface area (Å²) >= 11 is 1.31. The third-order valence-electron chi connectivity index (χ3n) is 4.18. The number of aromatic amines is 1. The van der Waals surface area contributed by atoms with E-state index < -0.39 is 0 Å². The second-order valence-electron chi connectivity index (χ2n) is 6.02. The molecule has 1 heterocycles. The molecular weight excluding hydrogens is 340 g/mol.